The van der Waals surface area contributed by atoms with Crippen molar-refractivity contribution >= 4 is 29.5 Å². The molecule has 0 atom stereocenters. The Labute approximate surface area is 464 Å². The Balaban J connectivity index is 0.741. The van der Waals surface area contributed by atoms with E-state index in [0.717, 1.165) is 0 Å². The first-order valence-electron chi connectivity index (χ1n) is 27.4. The Hall–Kier alpha value is -8.69. The Morgan fingerprint density at radius 2 is 0.938 bits per heavy atom. The molecule has 4 heterocycles. The summed E-state index contributed by atoms with van der Waals surface area (Å²) in [6.07, 6.45) is 3.06. The third-order valence-corrected chi connectivity index (χ3v) is 14.3. The van der Waals surface area contributed by atoms with Gasteiger partial charge in [0, 0.05) is 114 Å². The minimum absolute atomic E-state index is 0.0209. The van der Waals surface area contributed by atoms with E-state index >= 15 is 0 Å². The average molecular weight is 1100 g/mol. The minimum atomic E-state index is -0.447. The number of phenols is 4. The van der Waals surface area contributed by atoms with Crippen LogP contribution in [0.1, 0.15) is 137 Å². The molecule has 2 fully saturated rings. The highest BCUT2D eigenvalue weighted by atomic mass is 16.5. The molecule has 22 heteroatoms. The Bertz CT molecular complexity index is 2970. The van der Waals surface area contributed by atoms with E-state index in [1.807, 2.05) is 27.7 Å². The number of hydrogen-bond acceptors (Lipinski definition) is 15. The number of piperidine rings is 2. The highest BCUT2D eigenvalue weighted by Crippen LogP contribution is 2.40. The molecule has 0 spiro atoms. The highest BCUT2D eigenvalue weighted by molar-refractivity contribution is 5.93. The maximum Gasteiger partial charge on any atom is 0.289 e. The lowest BCUT2D eigenvalue weighted by Gasteiger charge is -2.32. The van der Waals surface area contributed by atoms with Gasteiger partial charge in [0.05, 0.1) is 11.1 Å². The predicted octanol–water partition coefficient (Wildman–Crippen LogP) is 6.87. The van der Waals surface area contributed by atoms with E-state index in [1.165, 1.54) is 12.1 Å². The molecule has 424 valence electrons. The van der Waals surface area contributed by atoms with Crippen molar-refractivity contribution in [3.05, 3.63) is 95.6 Å². The van der Waals surface area contributed by atoms with Crippen molar-refractivity contribution in [2.75, 3.05) is 45.8 Å². The molecule has 7 N–H and O–H groups in total. The predicted molar refractivity (Wildman–Crippen MR) is 296 cm³/mol. The van der Waals surface area contributed by atoms with Crippen LogP contribution in [0, 0.1) is 0 Å². The molecule has 0 aliphatic carbocycles. The molecule has 2 aromatic heterocycles. The minimum Gasteiger partial charge on any atom is -0.508 e. The number of aromatic nitrogens is 6. The molecule has 0 radical (unpaired) electrons. The quantitative estimate of drug-likeness (QED) is 0.0387. The molecular weight excluding hydrogens is 1030 g/mol. The summed E-state index contributed by atoms with van der Waals surface area (Å²) in [5.41, 5.74) is 2.92. The van der Waals surface area contributed by atoms with Crippen molar-refractivity contribution in [1.29, 1.82) is 0 Å². The zero-order chi connectivity index (χ0) is 57.2. The molecule has 2 saturated heterocycles. The van der Waals surface area contributed by atoms with Gasteiger partial charge in [-0.05, 0) is 104 Å². The molecule has 22 nitrogen and oxygen atoms in total. The normalized spacial score (nSPS) is 14.1. The zero-order valence-electron chi connectivity index (χ0n) is 46.1. The van der Waals surface area contributed by atoms with E-state index < -0.39 is 11.8 Å². The van der Waals surface area contributed by atoms with E-state index in [-0.39, 0.29) is 114 Å². The number of phenolic OH excluding ortho intramolecular Hbond substituents is 4. The average Bonchev–Trinajstić information content (AvgIpc) is 4.08. The summed E-state index contributed by atoms with van der Waals surface area (Å²) in [5, 5.41) is 67.9. The van der Waals surface area contributed by atoms with E-state index in [4.69, 9.17) is 9.47 Å². The zero-order valence-corrected chi connectivity index (χ0v) is 46.1. The van der Waals surface area contributed by atoms with Crippen LogP contribution in [0.15, 0.2) is 72.8 Å². The Morgan fingerprint density at radius 1 is 0.537 bits per heavy atom. The maximum absolute atomic E-state index is 13.1. The van der Waals surface area contributed by atoms with Gasteiger partial charge in [-0.25, -0.2) is 0 Å². The molecule has 8 rings (SSSR count). The van der Waals surface area contributed by atoms with Crippen LogP contribution in [-0.4, -0.2) is 147 Å². The van der Waals surface area contributed by atoms with Crippen molar-refractivity contribution in [1.82, 2.24) is 55.3 Å². The van der Waals surface area contributed by atoms with Gasteiger partial charge >= 0.3 is 0 Å². The van der Waals surface area contributed by atoms with E-state index in [0.29, 0.717) is 117 Å². The smallest absolute Gasteiger partial charge is 0.289 e. The van der Waals surface area contributed by atoms with Crippen LogP contribution in [0.25, 0.3) is 34.2 Å². The van der Waals surface area contributed by atoms with Gasteiger partial charge in [0.15, 0.2) is 11.6 Å². The van der Waals surface area contributed by atoms with Crippen molar-refractivity contribution in [3.8, 4) is 68.6 Å². The third kappa shape index (κ3) is 13.4. The molecular formula is C58H71N11O11. The molecule has 2 aliphatic rings. The molecule has 4 aromatic carbocycles. The lowest BCUT2D eigenvalue weighted by Crippen LogP contribution is -2.42. The number of likely N-dealkylation sites (tertiary alicyclic amines) is 2. The van der Waals surface area contributed by atoms with Crippen LogP contribution in [0.4, 0.5) is 0 Å². The van der Waals surface area contributed by atoms with Crippen molar-refractivity contribution in [2.24, 2.45) is 0 Å². The van der Waals surface area contributed by atoms with Crippen LogP contribution in [-0.2, 0) is 14.4 Å². The molecule has 6 aromatic rings. The van der Waals surface area contributed by atoms with Crippen LogP contribution in [0.5, 0.6) is 34.5 Å². The summed E-state index contributed by atoms with van der Waals surface area (Å²) in [4.78, 5) is 68.7. The number of aromatic hydroxyl groups is 4. The van der Waals surface area contributed by atoms with E-state index in [1.54, 1.807) is 93.4 Å². The Morgan fingerprint density at radius 3 is 1.32 bits per heavy atom. The summed E-state index contributed by atoms with van der Waals surface area (Å²) >= 11 is 0. The molecule has 2 aliphatic heterocycles. The number of amides is 5. The first-order valence-corrected chi connectivity index (χ1v) is 27.4. The van der Waals surface area contributed by atoms with Gasteiger partial charge in [0.2, 0.25) is 29.4 Å². The monoisotopic (exact) mass is 1100 g/mol. The number of rotatable bonds is 21. The summed E-state index contributed by atoms with van der Waals surface area (Å²) in [5.74, 6) is -0.171. The fourth-order valence-electron chi connectivity index (χ4n) is 9.94. The largest absolute Gasteiger partial charge is 0.508 e. The van der Waals surface area contributed by atoms with Crippen molar-refractivity contribution in [3.63, 3.8) is 0 Å². The number of nitrogens with one attached hydrogen (secondary N) is 3. The summed E-state index contributed by atoms with van der Waals surface area (Å²) in [6.45, 7) is 14.2. The van der Waals surface area contributed by atoms with Crippen LogP contribution in [0.2, 0.25) is 0 Å². The number of carbonyl (C=O) groups excluding carboxylic acids is 5. The number of carbonyl (C=O) groups is 5. The van der Waals surface area contributed by atoms with Gasteiger partial charge in [-0.15, -0.1) is 20.4 Å². The molecule has 80 heavy (non-hydrogen) atoms. The molecule has 0 bridgehead atoms. The lowest BCUT2D eigenvalue weighted by molar-refractivity contribution is -0.133. The van der Waals surface area contributed by atoms with E-state index in [9.17, 15) is 44.4 Å². The number of benzene rings is 4. The SMILES string of the molecule is CCNC(=O)c1nnc(-c2cc(C(C)C)c(O)cc2O)n1-c1ccc(OC2CCN(C(=O)CCCC(=O)NCCC(=O)N3CCC(Oc4ccc(-n5c(C(=O)NCC)nnc5-c5cc(C(C)C)c(O)cc5O)cc4)CC3)CC2)cc1. The van der Waals surface area contributed by atoms with Gasteiger partial charge in [0.1, 0.15) is 46.7 Å². The summed E-state index contributed by atoms with van der Waals surface area (Å²) in [6, 6.07) is 20.0. The summed E-state index contributed by atoms with van der Waals surface area (Å²) < 4.78 is 15.7. The molecule has 5 amide bonds. The van der Waals surface area contributed by atoms with Gasteiger partial charge in [0.25, 0.3) is 11.8 Å². The number of nitrogens with zero attached hydrogens (tertiary/aromatic N) is 8. The summed E-state index contributed by atoms with van der Waals surface area (Å²) in [7, 11) is 0. The fraction of sp³-hybridized carbons (Fsp3) is 0.431. The van der Waals surface area contributed by atoms with Crippen LogP contribution in [0.3, 0.4) is 0 Å². The first-order chi connectivity index (χ1) is 38.4. The topological polar surface area (TPSA) is 289 Å². The van der Waals surface area contributed by atoms with Crippen LogP contribution >= 0.6 is 0 Å². The van der Waals surface area contributed by atoms with Crippen molar-refractivity contribution < 1.29 is 53.9 Å². The van der Waals surface area contributed by atoms with Gasteiger partial charge in [-0.3, -0.25) is 33.1 Å². The fourth-order valence-corrected chi connectivity index (χ4v) is 9.94. The molecule has 0 saturated carbocycles. The van der Waals surface area contributed by atoms with Gasteiger partial charge in [-0.2, -0.15) is 0 Å². The molecule has 0 unspecified atom stereocenters. The maximum atomic E-state index is 13.1. The highest BCUT2D eigenvalue weighted by Gasteiger charge is 2.29. The van der Waals surface area contributed by atoms with Crippen LogP contribution < -0.4 is 25.4 Å². The van der Waals surface area contributed by atoms with Crippen molar-refractivity contribution in [2.45, 2.75) is 117 Å². The van der Waals surface area contributed by atoms with Gasteiger partial charge < -0.3 is 55.7 Å². The lowest BCUT2D eigenvalue weighted by atomic mass is 9.98. The first kappa shape index (κ1) is 57.5. The number of hydrogen-bond donors (Lipinski definition) is 7. The van der Waals surface area contributed by atoms with Gasteiger partial charge in [-0.1, -0.05) is 27.7 Å². The third-order valence-electron chi connectivity index (χ3n) is 14.3. The Kier molecular flexibility index (Phi) is 18.6. The second kappa shape index (κ2) is 25.8. The second-order valence-electron chi connectivity index (χ2n) is 20.6. The standard InChI is InChI=1S/C58H71N11O11/c1-7-59-57(77)55-64-62-53(44-30-42(34(3)4)46(70)32-48(44)72)68(55)36-12-16-38(17-13-36)79-40-21-26-66(27-22-40)51(75)11-9-10-50(74)61-25-20-52(76)67-28-23-41(24-29-67)80-39-18-14-37(15-19-39)69-54(63-65-56(69)58(78)60-8-2)45-31-43(35(5)6)47(71)33-49(45)73/h12-19,30-35,40-41,70-73H,7-11,20-29H2,1-6H3,(H,59,77)(H,60,78)(H,61,74). The second-order valence-corrected chi connectivity index (χ2v) is 20.6. The van der Waals surface area contributed by atoms with E-state index in [2.05, 4.69) is 36.3 Å². The number of ether oxygens (including phenoxy) is 2.